The van der Waals surface area contributed by atoms with Crippen LogP contribution in [-0.2, 0) is 35.0 Å². The van der Waals surface area contributed by atoms with Gasteiger partial charge in [-0.15, -0.1) is 0 Å². The number of hydrogen-bond donors (Lipinski definition) is 0. The van der Waals surface area contributed by atoms with Crippen molar-refractivity contribution in [1.29, 1.82) is 0 Å². The second kappa shape index (κ2) is 16.7. The van der Waals surface area contributed by atoms with Gasteiger partial charge in [0.25, 0.3) is 0 Å². The molecule has 2 aliphatic rings. The van der Waals surface area contributed by atoms with Crippen LogP contribution in [0.3, 0.4) is 0 Å². The minimum absolute atomic E-state index is 0.0251. The van der Waals surface area contributed by atoms with Gasteiger partial charge in [0.15, 0.2) is 12.4 Å². The van der Waals surface area contributed by atoms with E-state index in [4.69, 9.17) is 28.4 Å². The summed E-state index contributed by atoms with van der Waals surface area (Å²) in [6, 6.07) is 26.4. The molecule has 2 heterocycles. The summed E-state index contributed by atoms with van der Waals surface area (Å²) < 4.78 is 37.9. The van der Waals surface area contributed by atoms with Gasteiger partial charge < -0.3 is 28.4 Å². The summed E-state index contributed by atoms with van der Waals surface area (Å²) in [5.41, 5.74) is 11.3. The highest BCUT2D eigenvalue weighted by molar-refractivity contribution is 5.89. The topological polar surface area (TPSA) is 138 Å². The second-order valence-corrected chi connectivity index (χ2v) is 12.3. The molecule has 3 aromatic carbocycles. The Balaban J connectivity index is 1.42. The Hall–Kier alpha value is -4.25. The standard InChI is InChI=1S/C37H43N3O8/c1-5-29-33(48-37-31(39-40-38)24(3)23(2)30(46-37)22-44-35(41)27-17-11-7-12-18-27)34(43-21-26-15-9-6-10-16-26)32(25(4)45-29)47-36(42)28-19-13-8-14-20-28/h6-20,23-25,29-34,37H,5,21-22H2,1-4H3/t23-,24+,25+,29?,30?,31?,32?,33+,34+,37+/m1/s1. The molecule has 0 amide bonds. The molecule has 11 nitrogen and oxygen atoms in total. The van der Waals surface area contributed by atoms with Crippen molar-refractivity contribution >= 4 is 11.9 Å². The van der Waals surface area contributed by atoms with Crippen molar-refractivity contribution in [2.45, 2.75) is 89.7 Å². The Labute approximate surface area is 281 Å². The molecule has 11 heteroatoms. The lowest BCUT2D eigenvalue weighted by atomic mass is 9.82. The highest BCUT2D eigenvalue weighted by atomic mass is 16.7. The molecular formula is C37H43N3O8. The number of azide groups is 1. The zero-order chi connectivity index (χ0) is 34.0. The summed E-state index contributed by atoms with van der Waals surface area (Å²) in [5.74, 6) is -1.31. The first kappa shape index (κ1) is 35.1. The molecule has 2 saturated heterocycles. The molecule has 2 aliphatic heterocycles. The van der Waals surface area contributed by atoms with Gasteiger partial charge >= 0.3 is 11.9 Å². The molecule has 48 heavy (non-hydrogen) atoms. The van der Waals surface area contributed by atoms with Gasteiger partial charge in [-0.25, -0.2) is 9.59 Å². The summed E-state index contributed by atoms with van der Waals surface area (Å²) in [6.45, 7) is 7.95. The van der Waals surface area contributed by atoms with Crippen LogP contribution in [0.2, 0.25) is 0 Å². The lowest BCUT2D eigenvalue weighted by molar-refractivity contribution is -0.311. The molecule has 0 bridgehead atoms. The summed E-state index contributed by atoms with van der Waals surface area (Å²) in [6.07, 6.45) is -4.40. The van der Waals surface area contributed by atoms with Crippen molar-refractivity contribution in [1.82, 2.24) is 0 Å². The third-order valence-electron chi connectivity index (χ3n) is 9.21. The molecule has 254 valence electrons. The van der Waals surface area contributed by atoms with E-state index in [-0.39, 0.29) is 25.0 Å². The van der Waals surface area contributed by atoms with E-state index in [2.05, 4.69) is 10.0 Å². The maximum Gasteiger partial charge on any atom is 0.338 e. The first-order chi connectivity index (χ1) is 23.3. The Bertz CT molecular complexity index is 1520. The number of nitrogens with zero attached hydrogens (tertiary/aromatic N) is 3. The van der Waals surface area contributed by atoms with Crippen LogP contribution in [0.5, 0.6) is 0 Å². The Kier molecular flexibility index (Phi) is 12.2. The minimum Gasteiger partial charge on any atom is -0.459 e. The fourth-order valence-electron chi connectivity index (χ4n) is 6.24. The summed E-state index contributed by atoms with van der Waals surface area (Å²) in [5, 5.41) is 4.09. The van der Waals surface area contributed by atoms with Crippen LogP contribution in [0, 0.1) is 11.8 Å². The molecule has 0 radical (unpaired) electrons. The highest BCUT2D eigenvalue weighted by Gasteiger charge is 2.51. The second-order valence-electron chi connectivity index (χ2n) is 12.3. The van der Waals surface area contributed by atoms with Crippen LogP contribution >= 0.6 is 0 Å². The van der Waals surface area contributed by atoms with Gasteiger partial charge in [0.05, 0.1) is 42.1 Å². The van der Waals surface area contributed by atoms with Crippen LogP contribution in [0.4, 0.5) is 0 Å². The maximum atomic E-state index is 13.3. The van der Waals surface area contributed by atoms with Gasteiger partial charge in [0, 0.05) is 4.91 Å². The van der Waals surface area contributed by atoms with E-state index in [9.17, 15) is 15.1 Å². The minimum atomic E-state index is -1.03. The molecule has 2 fully saturated rings. The van der Waals surface area contributed by atoms with E-state index in [0.29, 0.717) is 17.5 Å². The van der Waals surface area contributed by atoms with Gasteiger partial charge in [-0.05, 0) is 60.5 Å². The third kappa shape index (κ3) is 8.42. The molecule has 5 rings (SSSR count). The number of hydrogen-bond acceptors (Lipinski definition) is 9. The smallest absolute Gasteiger partial charge is 0.338 e. The molecular weight excluding hydrogens is 614 g/mol. The summed E-state index contributed by atoms with van der Waals surface area (Å²) in [7, 11) is 0. The first-order valence-corrected chi connectivity index (χ1v) is 16.4. The van der Waals surface area contributed by atoms with Crippen molar-refractivity contribution in [2.24, 2.45) is 17.0 Å². The van der Waals surface area contributed by atoms with Crippen molar-refractivity contribution in [2.75, 3.05) is 6.61 Å². The number of esters is 2. The van der Waals surface area contributed by atoms with Crippen LogP contribution in [0.25, 0.3) is 10.4 Å². The molecule has 0 saturated carbocycles. The van der Waals surface area contributed by atoms with Gasteiger partial charge in [-0.2, -0.15) is 0 Å². The van der Waals surface area contributed by atoms with E-state index in [1.54, 1.807) is 48.5 Å². The molecule has 0 spiro atoms. The lowest BCUT2D eigenvalue weighted by Crippen LogP contribution is -2.62. The van der Waals surface area contributed by atoms with Crippen LogP contribution < -0.4 is 0 Å². The zero-order valence-electron chi connectivity index (χ0n) is 27.7. The van der Waals surface area contributed by atoms with E-state index in [1.807, 2.05) is 70.2 Å². The van der Waals surface area contributed by atoms with E-state index in [1.165, 1.54) is 0 Å². The van der Waals surface area contributed by atoms with Crippen molar-refractivity contribution in [3.63, 3.8) is 0 Å². The number of benzene rings is 3. The molecule has 0 aromatic heterocycles. The molecule has 4 unspecified atom stereocenters. The predicted octanol–water partition coefficient (Wildman–Crippen LogP) is 6.91. The average molecular weight is 658 g/mol. The van der Waals surface area contributed by atoms with Gasteiger partial charge in [-0.1, -0.05) is 92.6 Å². The van der Waals surface area contributed by atoms with E-state index >= 15 is 0 Å². The van der Waals surface area contributed by atoms with Crippen molar-refractivity contribution in [3.8, 4) is 0 Å². The van der Waals surface area contributed by atoms with Gasteiger partial charge in [0.1, 0.15) is 18.8 Å². The van der Waals surface area contributed by atoms with Crippen LogP contribution in [-0.4, -0.2) is 67.5 Å². The first-order valence-electron chi connectivity index (χ1n) is 16.4. The van der Waals surface area contributed by atoms with Crippen LogP contribution in [0.1, 0.15) is 60.4 Å². The Morgan fingerprint density at radius 1 is 0.771 bits per heavy atom. The van der Waals surface area contributed by atoms with Crippen LogP contribution in [0.15, 0.2) is 96.1 Å². The fraction of sp³-hybridized carbons (Fsp3) is 0.459. The molecule has 3 aromatic rings. The highest BCUT2D eigenvalue weighted by Crippen LogP contribution is 2.38. The van der Waals surface area contributed by atoms with Gasteiger partial charge in [-0.3, -0.25) is 0 Å². The van der Waals surface area contributed by atoms with Crippen molar-refractivity contribution < 1.29 is 38.0 Å². The normalized spacial score (nSPS) is 30.1. The predicted molar refractivity (Wildman–Crippen MR) is 177 cm³/mol. The maximum absolute atomic E-state index is 13.3. The Morgan fingerprint density at radius 3 is 1.98 bits per heavy atom. The Morgan fingerprint density at radius 2 is 1.38 bits per heavy atom. The number of ether oxygens (including phenoxy) is 6. The summed E-state index contributed by atoms with van der Waals surface area (Å²) >= 11 is 0. The van der Waals surface area contributed by atoms with Gasteiger partial charge in [0.2, 0.25) is 0 Å². The quantitative estimate of drug-likeness (QED) is 0.0886. The number of rotatable bonds is 12. The SMILES string of the molecule is CCC1O[C@@H](C)C(OC(=O)c2ccccc2)[C@H](OCc2ccccc2)[C@H]1O[C@@H]1OC(COC(=O)c2ccccc2)[C@H](C)[C@H](C)C1N=[N+]=[N-]. The third-order valence-corrected chi connectivity index (χ3v) is 9.21. The van der Waals surface area contributed by atoms with E-state index in [0.717, 1.165) is 5.56 Å². The monoisotopic (exact) mass is 657 g/mol. The zero-order valence-corrected chi connectivity index (χ0v) is 27.7. The summed E-state index contributed by atoms with van der Waals surface area (Å²) in [4.78, 5) is 29.2. The number of carbonyl (C=O) groups excluding carboxylic acids is 2. The molecule has 0 N–H and O–H groups in total. The average Bonchev–Trinajstić information content (AvgIpc) is 3.12. The lowest BCUT2D eigenvalue weighted by Gasteiger charge is -2.48. The fourth-order valence-corrected chi connectivity index (χ4v) is 6.24. The van der Waals surface area contributed by atoms with E-state index < -0.39 is 60.9 Å². The number of carbonyl (C=O) groups is 2. The van der Waals surface area contributed by atoms with Crippen molar-refractivity contribution in [3.05, 3.63) is 118 Å². The largest absolute Gasteiger partial charge is 0.459 e. The molecule has 10 atom stereocenters. The molecule has 0 aliphatic carbocycles.